The van der Waals surface area contributed by atoms with Gasteiger partial charge in [-0.1, -0.05) is 25.0 Å². The standard InChI is InChI=1S/C21H34N4O3S/c22-17(21(28)25-12-6-9-18(25)19(23)26)8-5-3-1-2-4-7-14-13-16(14)20(27)24-29-15-10-11-15/h4,7,14-18H,1-3,5-6,8-13,22H2,(H2,23,26)(H,24,27)/b7-4-/t14?,16?,17-,18?/m0/s1. The van der Waals surface area contributed by atoms with Gasteiger partial charge in [0.05, 0.1) is 6.04 Å². The third kappa shape index (κ3) is 6.74. The van der Waals surface area contributed by atoms with Crippen molar-refractivity contribution in [1.29, 1.82) is 0 Å². The summed E-state index contributed by atoms with van der Waals surface area (Å²) >= 11 is 1.59. The van der Waals surface area contributed by atoms with Crippen molar-refractivity contribution in [2.75, 3.05) is 6.54 Å². The molecule has 0 bridgehead atoms. The number of likely N-dealkylation sites (tertiary alicyclic amines) is 1. The summed E-state index contributed by atoms with van der Waals surface area (Å²) < 4.78 is 2.98. The smallest absolute Gasteiger partial charge is 0.240 e. The van der Waals surface area contributed by atoms with E-state index in [1.165, 1.54) is 12.8 Å². The first kappa shape index (κ1) is 22.2. The number of nitrogens with zero attached hydrogens (tertiary/aromatic N) is 1. The van der Waals surface area contributed by atoms with Crippen LogP contribution in [0.5, 0.6) is 0 Å². The minimum atomic E-state index is -0.551. The summed E-state index contributed by atoms with van der Waals surface area (Å²) in [6.45, 7) is 0.574. The Hall–Kier alpha value is -1.54. The molecular weight excluding hydrogens is 388 g/mol. The highest BCUT2D eigenvalue weighted by Gasteiger charge is 2.41. The second kappa shape index (κ2) is 10.5. The van der Waals surface area contributed by atoms with Gasteiger partial charge in [0, 0.05) is 17.7 Å². The normalized spacial score (nSPS) is 27.2. The number of nitrogens with two attached hydrogens (primary N) is 2. The Morgan fingerprint density at radius 3 is 2.69 bits per heavy atom. The van der Waals surface area contributed by atoms with Gasteiger partial charge in [0.2, 0.25) is 17.7 Å². The second-order valence-corrected chi connectivity index (χ2v) is 9.66. The Kier molecular flexibility index (Phi) is 8.00. The number of rotatable bonds is 12. The van der Waals surface area contributed by atoms with Crippen molar-refractivity contribution in [2.45, 2.75) is 81.5 Å². The fraction of sp³-hybridized carbons (Fsp3) is 0.762. The number of primary amides is 1. The van der Waals surface area contributed by atoms with Crippen LogP contribution >= 0.6 is 11.9 Å². The van der Waals surface area contributed by atoms with E-state index >= 15 is 0 Å². The number of carbonyl (C=O) groups is 3. The zero-order valence-electron chi connectivity index (χ0n) is 17.1. The van der Waals surface area contributed by atoms with Crippen LogP contribution in [0.4, 0.5) is 0 Å². The molecule has 0 radical (unpaired) electrons. The van der Waals surface area contributed by atoms with Gasteiger partial charge in [-0.05, 0) is 69.2 Å². The molecule has 0 aromatic rings. The van der Waals surface area contributed by atoms with E-state index < -0.39 is 18.0 Å². The summed E-state index contributed by atoms with van der Waals surface area (Å²) in [5.74, 6) is 0.165. The van der Waals surface area contributed by atoms with Gasteiger partial charge < -0.3 is 16.4 Å². The van der Waals surface area contributed by atoms with Crippen LogP contribution in [0.25, 0.3) is 0 Å². The molecule has 5 N–H and O–H groups in total. The molecule has 3 fully saturated rings. The molecule has 2 saturated carbocycles. The average Bonchev–Trinajstić information content (AvgIpc) is 3.62. The number of unbranched alkanes of at least 4 members (excludes halogenated alkanes) is 3. The highest BCUT2D eigenvalue weighted by molar-refractivity contribution is 7.98. The third-order valence-electron chi connectivity index (χ3n) is 5.98. The van der Waals surface area contributed by atoms with Gasteiger partial charge in [0.15, 0.2) is 0 Å². The Bertz CT molecular complexity index is 637. The molecule has 3 aliphatic rings. The van der Waals surface area contributed by atoms with Gasteiger partial charge >= 0.3 is 0 Å². The predicted octanol–water partition coefficient (Wildman–Crippen LogP) is 1.86. The van der Waals surface area contributed by atoms with Crippen molar-refractivity contribution in [3.63, 3.8) is 0 Å². The van der Waals surface area contributed by atoms with E-state index in [1.54, 1.807) is 16.8 Å². The molecule has 3 rings (SSSR count). The minimum absolute atomic E-state index is 0.149. The van der Waals surface area contributed by atoms with Gasteiger partial charge in [-0.2, -0.15) is 0 Å². The molecule has 3 amide bonds. The summed E-state index contributed by atoms with van der Waals surface area (Å²) in [5.41, 5.74) is 11.4. The Morgan fingerprint density at radius 2 is 1.97 bits per heavy atom. The van der Waals surface area contributed by atoms with Crippen LogP contribution in [-0.2, 0) is 14.4 Å². The van der Waals surface area contributed by atoms with Crippen molar-refractivity contribution in [2.24, 2.45) is 23.3 Å². The highest BCUT2D eigenvalue weighted by Crippen LogP contribution is 2.41. The van der Waals surface area contributed by atoms with E-state index in [2.05, 4.69) is 16.9 Å². The van der Waals surface area contributed by atoms with Crippen LogP contribution in [0.3, 0.4) is 0 Å². The maximum absolute atomic E-state index is 12.4. The van der Waals surface area contributed by atoms with Crippen molar-refractivity contribution < 1.29 is 14.4 Å². The molecule has 0 aromatic heterocycles. The van der Waals surface area contributed by atoms with Crippen LogP contribution in [0.2, 0.25) is 0 Å². The zero-order valence-corrected chi connectivity index (χ0v) is 17.9. The van der Waals surface area contributed by atoms with Crippen molar-refractivity contribution in [1.82, 2.24) is 9.62 Å². The molecule has 1 saturated heterocycles. The minimum Gasteiger partial charge on any atom is -0.368 e. The lowest BCUT2D eigenvalue weighted by atomic mass is 10.1. The Labute approximate surface area is 177 Å². The predicted molar refractivity (Wildman–Crippen MR) is 114 cm³/mol. The van der Waals surface area contributed by atoms with E-state index in [1.807, 2.05) is 0 Å². The van der Waals surface area contributed by atoms with Crippen LogP contribution in [0, 0.1) is 11.8 Å². The monoisotopic (exact) mass is 422 g/mol. The number of carbonyl (C=O) groups excluding carboxylic acids is 3. The molecule has 0 spiro atoms. The molecule has 7 nitrogen and oxygen atoms in total. The molecule has 29 heavy (non-hydrogen) atoms. The maximum atomic E-state index is 12.4. The molecule has 8 heteroatoms. The molecule has 2 aliphatic carbocycles. The van der Waals surface area contributed by atoms with E-state index in [4.69, 9.17) is 11.5 Å². The SMILES string of the molecule is NC(=O)C1CCCN1C(=O)[C@@H](N)CCCCC/C=C\C1CC1C(=O)NSC1CC1. The molecule has 1 heterocycles. The average molecular weight is 423 g/mol. The second-order valence-electron chi connectivity index (χ2n) is 8.55. The number of allylic oxidation sites excluding steroid dienone is 2. The maximum Gasteiger partial charge on any atom is 0.240 e. The largest absolute Gasteiger partial charge is 0.368 e. The number of hydrogen-bond donors (Lipinski definition) is 3. The number of hydrogen-bond acceptors (Lipinski definition) is 5. The molecular formula is C21H34N4O3S. The summed E-state index contributed by atoms with van der Waals surface area (Å²) in [7, 11) is 0. The molecule has 0 aromatic carbocycles. The lowest BCUT2D eigenvalue weighted by Crippen LogP contribution is -2.50. The molecule has 4 atom stereocenters. The number of nitrogens with one attached hydrogen (secondary N) is 1. The topological polar surface area (TPSA) is 119 Å². The van der Waals surface area contributed by atoms with Crippen molar-refractivity contribution in [3.8, 4) is 0 Å². The van der Waals surface area contributed by atoms with Gasteiger partial charge in [-0.15, -0.1) is 0 Å². The first-order chi connectivity index (χ1) is 14.0. The first-order valence-electron chi connectivity index (χ1n) is 10.9. The van der Waals surface area contributed by atoms with Crippen molar-refractivity contribution in [3.05, 3.63) is 12.2 Å². The van der Waals surface area contributed by atoms with Gasteiger partial charge in [0.1, 0.15) is 6.04 Å². The van der Waals surface area contributed by atoms with Gasteiger partial charge in [-0.3, -0.25) is 19.1 Å². The van der Waals surface area contributed by atoms with Crippen molar-refractivity contribution >= 4 is 29.7 Å². The fourth-order valence-electron chi connectivity index (χ4n) is 3.87. The van der Waals surface area contributed by atoms with Gasteiger partial charge in [-0.25, -0.2) is 0 Å². The Morgan fingerprint density at radius 1 is 1.17 bits per heavy atom. The Balaban J connectivity index is 1.22. The number of amides is 3. The van der Waals surface area contributed by atoms with Gasteiger partial charge in [0.25, 0.3) is 0 Å². The van der Waals surface area contributed by atoms with Crippen LogP contribution in [-0.4, -0.2) is 46.5 Å². The lowest BCUT2D eigenvalue weighted by Gasteiger charge is -2.25. The van der Waals surface area contributed by atoms with Crippen LogP contribution in [0.1, 0.15) is 64.2 Å². The fourth-order valence-corrected chi connectivity index (χ4v) is 4.67. The van der Waals surface area contributed by atoms with E-state index in [-0.39, 0.29) is 17.7 Å². The van der Waals surface area contributed by atoms with Crippen LogP contribution < -0.4 is 16.2 Å². The van der Waals surface area contributed by atoms with E-state index in [9.17, 15) is 14.4 Å². The quantitative estimate of drug-likeness (QED) is 0.252. The summed E-state index contributed by atoms with van der Waals surface area (Å²) in [6, 6.07) is -1.04. The highest BCUT2D eigenvalue weighted by atomic mass is 32.2. The molecule has 3 unspecified atom stereocenters. The third-order valence-corrected chi connectivity index (χ3v) is 7.10. The molecule has 1 aliphatic heterocycles. The molecule has 162 valence electrons. The summed E-state index contributed by atoms with van der Waals surface area (Å²) in [6.07, 6.45) is 13.8. The van der Waals surface area contributed by atoms with Crippen LogP contribution in [0.15, 0.2) is 12.2 Å². The summed E-state index contributed by atoms with van der Waals surface area (Å²) in [5, 5.41) is 0.648. The summed E-state index contributed by atoms with van der Waals surface area (Å²) in [4.78, 5) is 37.4. The first-order valence-corrected chi connectivity index (χ1v) is 11.8. The van der Waals surface area contributed by atoms with E-state index in [0.717, 1.165) is 38.5 Å². The lowest BCUT2D eigenvalue weighted by molar-refractivity contribution is -0.138. The zero-order chi connectivity index (χ0) is 20.8. The van der Waals surface area contributed by atoms with E-state index in [0.29, 0.717) is 30.6 Å².